The molecule has 9 nitrogen and oxygen atoms in total. The van der Waals surface area contributed by atoms with E-state index in [0.717, 1.165) is 0 Å². The summed E-state index contributed by atoms with van der Waals surface area (Å²) < 4.78 is 0. The van der Waals surface area contributed by atoms with Gasteiger partial charge < -0.3 is 30.6 Å². The highest BCUT2D eigenvalue weighted by atomic mass is 32.1. The fourth-order valence-corrected chi connectivity index (χ4v) is 0.582. The first-order chi connectivity index (χ1) is 12.4. The lowest BCUT2D eigenvalue weighted by Crippen LogP contribution is -2.15. The molecule has 0 aliphatic heterocycles. The standard InChI is InChI=1S/3C4H8O2S.C3H8O3/c3*1-2-3(7)4(5)6;4-1-3(6)2-5/h3*3,7H,2H2,1H3,(H,5,6);3-6H,1-2H2. The Morgan fingerprint density at radius 3 is 0.852 bits per heavy atom. The van der Waals surface area contributed by atoms with Crippen molar-refractivity contribution in [1.82, 2.24) is 0 Å². The van der Waals surface area contributed by atoms with E-state index in [1.807, 2.05) is 0 Å². The molecule has 0 aromatic heterocycles. The number of hydrogen-bond donors (Lipinski definition) is 9. The Kier molecular flexibility index (Phi) is 29.3. The molecule has 0 aliphatic rings. The highest BCUT2D eigenvalue weighted by Crippen LogP contribution is 1.99. The van der Waals surface area contributed by atoms with Gasteiger partial charge in [-0.2, -0.15) is 37.9 Å². The molecule has 0 fully saturated rings. The molecule has 164 valence electrons. The van der Waals surface area contributed by atoms with E-state index in [4.69, 9.17) is 30.6 Å². The normalized spacial score (nSPS) is 12.7. The van der Waals surface area contributed by atoms with Crippen molar-refractivity contribution in [2.45, 2.75) is 61.9 Å². The van der Waals surface area contributed by atoms with Gasteiger partial charge in [-0.1, -0.05) is 20.8 Å². The summed E-state index contributed by atoms with van der Waals surface area (Å²) in [5.41, 5.74) is 0. The van der Waals surface area contributed by atoms with Crippen molar-refractivity contribution in [2.24, 2.45) is 0 Å². The van der Waals surface area contributed by atoms with Gasteiger partial charge >= 0.3 is 17.9 Å². The van der Waals surface area contributed by atoms with Gasteiger partial charge in [-0.3, -0.25) is 14.4 Å². The van der Waals surface area contributed by atoms with Gasteiger partial charge in [-0.25, -0.2) is 0 Å². The van der Waals surface area contributed by atoms with Gasteiger partial charge in [0.05, 0.1) is 29.0 Å². The maximum absolute atomic E-state index is 9.85. The van der Waals surface area contributed by atoms with Crippen LogP contribution >= 0.6 is 37.9 Å². The molecule has 0 heterocycles. The maximum Gasteiger partial charge on any atom is 0.316 e. The van der Waals surface area contributed by atoms with Crippen LogP contribution in [-0.2, 0) is 14.4 Å². The average molecular weight is 453 g/mol. The van der Waals surface area contributed by atoms with E-state index in [2.05, 4.69) is 37.9 Å². The van der Waals surface area contributed by atoms with Crippen molar-refractivity contribution in [2.75, 3.05) is 13.2 Å². The van der Waals surface area contributed by atoms with Gasteiger partial charge in [0.25, 0.3) is 0 Å². The van der Waals surface area contributed by atoms with Crippen LogP contribution in [-0.4, -0.2) is 83.6 Å². The third-order valence-corrected chi connectivity index (χ3v) is 4.19. The molecule has 0 bridgehead atoms. The molecule has 3 unspecified atom stereocenters. The third-order valence-electron chi connectivity index (χ3n) is 2.44. The van der Waals surface area contributed by atoms with Crippen LogP contribution in [0.15, 0.2) is 0 Å². The minimum atomic E-state index is -0.954. The molecule has 27 heavy (non-hydrogen) atoms. The van der Waals surface area contributed by atoms with Crippen LogP contribution < -0.4 is 0 Å². The SMILES string of the molecule is CCC(S)C(=O)O.CCC(S)C(=O)O.CCC(S)C(=O)O.OCC(O)CO. The number of carboxylic acid groups (broad SMARTS) is 3. The zero-order chi connectivity index (χ0) is 22.6. The predicted molar refractivity (Wildman–Crippen MR) is 112 cm³/mol. The predicted octanol–water partition coefficient (Wildman–Crippen LogP) is 0.670. The Balaban J connectivity index is -0.000000131. The Bertz CT molecular complexity index is 332. The first-order valence-electron chi connectivity index (χ1n) is 7.98. The summed E-state index contributed by atoms with van der Waals surface area (Å²) in [6.07, 6.45) is 0.792. The lowest BCUT2D eigenvalue weighted by atomic mass is 10.3. The summed E-state index contributed by atoms with van der Waals surface area (Å²) in [6.45, 7) is 4.62. The second kappa shape index (κ2) is 23.4. The summed E-state index contributed by atoms with van der Waals surface area (Å²) in [7, 11) is 0. The lowest BCUT2D eigenvalue weighted by molar-refractivity contribution is -0.137. The summed E-state index contributed by atoms with van der Waals surface area (Å²) in [6, 6.07) is 0. The van der Waals surface area contributed by atoms with E-state index < -0.39 is 39.8 Å². The smallest absolute Gasteiger partial charge is 0.316 e. The molecule has 3 atom stereocenters. The highest BCUT2D eigenvalue weighted by molar-refractivity contribution is 7.82. The van der Waals surface area contributed by atoms with Crippen LogP contribution in [0.1, 0.15) is 40.0 Å². The maximum atomic E-state index is 9.85. The Morgan fingerprint density at radius 2 is 0.852 bits per heavy atom. The van der Waals surface area contributed by atoms with Crippen molar-refractivity contribution >= 4 is 55.8 Å². The zero-order valence-electron chi connectivity index (χ0n) is 15.6. The first-order valence-corrected chi connectivity index (χ1v) is 9.53. The molecule has 0 rings (SSSR count). The van der Waals surface area contributed by atoms with Crippen LogP contribution in [0, 0.1) is 0 Å². The number of carbonyl (C=O) groups is 3. The summed E-state index contributed by atoms with van der Waals surface area (Å²) in [5, 5.41) is 46.9. The Labute approximate surface area is 176 Å². The first kappa shape index (κ1) is 33.9. The van der Waals surface area contributed by atoms with Crippen LogP contribution in [0.4, 0.5) is 0 Å². The number of rotatable bonds is 8. The van der Waals surface area contributed by atoms with E-state index in [-0.39, 0.29) is 13.2 Å². The number of aliphatic hydroxyl groups is 3. The second-order valence-corrected chi connectivity index (χ2v) is 6.68. The average Bonchev–Trinajstić information content (AvgIpc) is 2.66. The summed E-state index contributed by atoms with van der Waals surface area (Å²) in [5.74, 6) is -2.53. The van der Waals surface area contributed by atoms with Crippen LogP contribution in [0.25, 0.3) is 0 Å². The number of thiol groups is 3. The van der Waals surface area contributed by atoms with Gasteiger partial charge in [-0.15, -0.1) is 0 Å². The van der Waals surface area contributed by atoms with Crippen molar-refractivity contribution in [3.63, 3.8) is 0 Å². The molecule has 0 saturated heterocycles. The fourth-order valence-electron chi connectivity index (χ4n) is 0.582. The number of carboxylic acids is 3. The van der Waals surface area contributed by atoms with Crippen molar-refractivity contribution in [3.05, 3.63) is 0 Å². The molecule has 0 aromatic rings. The molecule has 0 aromatic carbocycles. The molecule has 0 aliphatic carbocycles. The van der Waals surface area contributed by atoms with Gasteiger partial charge in [0.15, 0.2) is 0 Å². The Morgan fingerprint density at radius 1 is 0.667 bits per heavy atom. The Hall–Kier alpha value is -0.660. The third kappa shape index (κ3) is 30.3. The minimum absolute atomic E-state index is 0.365. The van der Waals surface area contributed by atoms with E-state index in [1.165, 1.54) is 0 Å². The fraction of sp³-hybridized carbons (Fsp3) is 0.800. The van der Waals surface area contributed by atoms with E-state index in [0.29, 0.717) is 19.3 Å². The van der Waals surface area contributed by atoms with Gasteiger partial charge in [-0.05, 0) is 19.3 Å². The summed E-state index contributed by atoms with van der Waals surface area (Å²) in [4.78, 5) is 29.6. The largest absolute Gasteiger partial charge is 0.480 e. The van der Waals surface area contributed by atoms with Crippen molar-refractivity contribution in [1.29, 1.82) is 0 Å². The number of aliphatic carboxylic acids is 3. The van der Waals surface area contributed by atoms with Gasteiger partial charge in [0.2, 0.25) is 0 Å². The lowest BCUT2D eigenvalue weighted by Gasteiger charge is -1.96. The minimum Gasteiger partial charge on any atom is -0.480 e. The molecule has 12 heteroatoms. The second-order valence-electron chi connectivity index (χ2n) is 4.81. The molecule has 0 spiro atoms. The topological polar surface area (TPSA) is 173 Å². The van der Waals surface area contributed by atoms with Crippen LogP contribution in [0.2, 0.25) is 0 Å². The molecule has 0 radical (unpaired) electrons. The monoisotopic (exact) mass is 452 g/mol. The van der Waals surface area contributed by atoms with E-state index in [1.54, 1.807) is 20.8 Å². The molecule has 6 N–H and O–H groups in total. The highest BCUT2D eigenvalue weighted by Gasteiger charge is 2.07. The van der Waals surface area contributed by atoms with E-state index >= 15 is 0 Å². The van der Waals surface area contributed by atoms with Crippen LogP contribution in [0.3, 0.4) is 0 Å². The van der Waals surface area contributed by atoms with Gasteiger partial charge in [0, 0.05) is 0 Å². The quantitative estimate of drug-likeness (QED) is 0.240. The van der Waals surface area contributed by atoms with Gasteiger partial charge in [0.1, 0.15) is 6.10 Å². The number of hydrogen-bond acceptors (Lipinski definition) is 9. The van der Waals surface area contributed by atoms with Crippen LogP contribution in [0.5, 0.6) is 0 Å². The van der Waals surface area contributed by atoms with Crippen molar-refractivity contribution < 1.29 is 45.0 Å². The molecular weight excluding hydrogens is 420 g/mol. The molecule has 0 amide bonds. The molecule has 0 saturated carbocycles. The number of aliphatic hydroxyl groups excluding tert-OH is 3. The summed E-state index contributed by atoms with van der Waals surface area (Å²) >= 11 is 11.2. The molecular formula is C15H32O9S3. The zero-order valence-corrected chi connectivity index (χ0v) is 18.3. The van der Waals surface area contributed by atoms with E-state index in [9.17, 15) is 14.4 Å². The van der Waals surface area contributed by atoms with Crippen molar-refractivity contribution in [3.8, 4) is 0 Å².